The van der Waals surface area contributed by atoms with Gasteiger partial charge in [0.15, 0.2) is 0 Å². The third-order valence-corrected chi connectivity index (χ3v) is 3.05. The molecular weight excluding hydrogens is 334 g/mol. The van der Waals surface area contributed by atoms with Gasteiger partial charge in [0.1, 0.15) is 11.6 Å². The number of carbonyl (C=O) groups excluding carboxylic acids is 3. The normalized spacial score (nSPS) is 10.0. The molecular formula is C16H14F2N4O3. The van der Waals surface area contributed by atoms with Gasteiger partial charge in [-0.2, -0.15) is 0 Å². The quantitative estimate of drug-likeness (QED) is 0.660. The van der Waals surface area contributed by atoms with E-state index in [0.29, 0.717) is 11.8 Å². The predicted octanol–water partition coefficient (Wildman–Crippen LogP) is 1.82. The number of nitrogens with two attached hydrogens (primary N) is 1. The molecule has 0 atom stereocenters. The van der Waals surface area contributed by atoms with Crippen molar-refractivity contribution in [3.8, 4) is 0 Å². The highest BCUT2D eigenvalue weighted by Gasteiger charge is 2.15. The minimum atomic E-state index is -1.11. The van der Waals surface area contributed by atoms with E-state index in [9.17, 15) is 23.2 Å². The van der Waals surface area contributed by atoms with Crippen LogP contribution in [0.15, 0.2) is 42.5 Å². The van der Waals surface area contributed by atoms with Crippen LogP contribution in [0.25, 0.3) is 0 Å². The number of nitrogens with one attached hydrogen (secondary N) is 3. The number of halogens is 2. The van der Waals surface area contributed by atoms with Gasteiger partial charge in [0, 0.05) is 11.8 Å². The lowest BCUT2D eigenvalue weighted by Gasteiger charge is -2.10. The highest BCUT2D eigenvalue weighted by atomic mass is 19.1. The number of imide groups is 1. The van der Waals surface area contributed by atoms with Gasteiger partial charge < -0.3 is 16.4 Å². The van der Waals surface area contributed by atoms with Crippen molar-refractivity contribution < 1.29 is 23.2 Å². The molecule has 0 saturated heterocycles. The molecule has 130 valence electrons. The first kappa shape index (κ1) is 17.9. The first-order chi connectivity index (χ1) is 11.9. The summed E-state index contributed by atoms with van der Waals surface area (Å²) >= 11 is 0. The fraction of sp³-hybridized carbons (Fsp3) is 0.0625. The third kappa shape index (κ3) is 4.99. The zero-order valence-electron chi connectivity index (χ0n) is 12.8. The molecule has 5 N–H and O–H groups in total. The zero-order valence-corrected chi connectivity index (χ0v) is 12.8. The standard InChI is InChI=1S/C16H14F2N4O3/c17-11-7-12(18)13(6-10(11)15(19)24)20-8-14(23)22-16(25)21-9-4-2-1-3-5-9/h1-7,20H,8H2,(H2,19,24)(H2,21,22,23,25). The molecule has 0 spiro atoms. The molecule has 7 nitrogen and oxygen atoms in total. The molecule has 2 rings (SSSR count). The van der Waals surface area contributed by atoms with Crippen LogP contribution >= 0.6 is 0 Å². The van der Waals surface area contributed by atoms with Crippen LogP contribution in [0.2, 0.25) is 0 Å². The van der Waals surface area contributed by atoms with Gasteiger partial charge in [-0.15, -0.1) is 0 Å². The summed E-state index contributed by atoms with van der Waals surface area (Å²) in [6, 6.07) is 8.97. The Morgan fingerprint density at radius 2 is 1.68 bits per heavy atom. The lowest BCUT2D eigenvalue weighted by Crippen LogP contribution is -2.38. The summed E-state index contributed by atoms with van der Waals surface area (Å²) in [5.74, 6) is -3.96. The van der Waals surface area contributed by atoms with Crippen LogP contribution in [0.1, 0.15) is 10.4 Å². The van der Waals surface area contributed by atoms with Crippen LogP contribution in [-0.4, -0.2) is 24.4 Å². The largest absolute Gasteiger partial charge is 0.374 e. The first-order valence-corrected chi connectivity index (χ1v) is 7.05. The monoisotopic (exact) mass is 348 g/mol. The maximum absolute atomic E-state index is 13.6. The maximum Gasteiger partial charge on any atom is 0.325 e. The summed E-state index contributed by atoms with van der Waals surface area (Å²) in [5, 5.41) is 6.82. The molecule has 0 fully saturated rings. The fourth-order valence-corrected chi connectivity index (χ4v) is 1.90. The number of benzene rings is 2. The van der Waals surface area contributed by atoms with Crippen molar-refractivity contribution in [3.63, 3.8) is 0 Å². The Balaban J connectivity index is 1.92. The number of primary amides is 1. The van der Waals surface area contributed by atoms with Crippen molar-refractivity contribution in [2.45, 2.75) is 0 Å². The summed E-state index contributed by atoms with van der Waals surface area (Å²) in [7, 11) is 0. The lowest BCUT2D eigenvalue weighted by molar-refractivity contribution is -0.118. The van der Waals surface area contributed by atoms with E-state index >= 15 is 0 Å². The molecule has 2 aromatic carbocycles. The Morgan fingerprint density at radius 3 is 2.32 bits per heavy atom. The molecule has 0 unspecified atom stereocenters. The number of anilines is 2. The van der Waals surface area contributed by atoms with Crippen molar-refractivity contribution >= 4 is 29.2 Å². The van der Waals surface area contributed by atoms with Crippen LogP contribution < -0.4 is 21.7 Å². The molecule has 0 heterocycles. The van der Waals surface area contributed by atoms with Crippen molar-refractivity contribution in [3.05, 3.63) is 59.7 Å². The lowest BCUT2D eigenvalue weighted by atomic mass is 10.1. The number of rotatable bonds is 5. The molecule has 0 radical (unpaired) electrons. The number of hydrogen-bond donors (Lipinski definition) is 4. The SMILES string of the molecule is NC(=O)c1cc(NCC(=O)NC(=O)Nc2ccccc2)c(F)cc1F. The fourth-order valence-electron chi connectivity index (χ4n) is 1.90. The van der Waals surface area contributed by atoms with Crippen LogP contribution in [0, 0.1) is 11.6 Å². The first-order valence-electron chi connectivity index (χ1n) is 7.05. The van der Waals surface area contributed by atoms with Gasteiger partial charge in [0.05, 0.1) is 17.8 Å². The highest BCUT2D eigenvalue weighted by Crippen LogP contribution is 2.19. The number of hydrogen-bond acceptors (Lipinski definition) is 4. The molecule has 2 aromatic rings. The van der Waals surface area contributed by atoms with E-state index in [0.717, 1.165) is 6.07 Å². The van der Waals surface area contributed by atoms with Gasteiger partial charge in [-0.1, -0.05) is 18.2 Å². The van der Waals surface area contributed by atoms with E-state index in [1.165, 1.54) is 0 Å². The molecule has 0 aliphatic heterocycles. The van der Waals surface area contributed by atoms with Gasteiger partial charge in [-0.3, -0.25) is 14.9 Å². The molecule has 0 aromatic heterocycles. The Kier molecular flexibility index (Phi) is 5.62. The van der Waals surface area contributed by atoms with E-state index in [4.69, 9.17) is 5.73 Å². The number of urea groups is 1. The van der Waals surface area contributed by atoms with Crippen LogP contribution in [0.3, 0.4) is 0 Å². The Bertz CT molecular complexity index is 813. The summed E-state index contributed by atoms with van der Waals surface area (Å²) in [6.45, 7) is -0.483. The number of para-hydroxylation sites is 1. The molecule has 25 heavy (non-hydrogen) atoms. The van der Waals surface area contributed by atoms with E-state index in [-0.39, 0.29) is 5.69 Å². The van der Waals surface area contributed by atoms with E-state index in [2.05, 4.69) is 10.6 Å². The minimum Gasteiger partial charge on any atom is -0.374 e. The Labute approximate surface area is 141 Å². The molecule has 4 amide bonds. The average molecular weight is 348 g/mol. The van der Waals surface area contributed by atoms with Gasteiger partial charge >= 0.3 is 6.03 Å². The van der Waals surface area contributed by atoms with Crippen molar-refractivity contribution in [2.75, 3.05) is 17.2 Å². The van der Waals surface area contributed by atoms with Crippen LogP contribution in [0.4, 0.5) is 25.0 Å². The Hall–Kier alpha value is -3.49. The van der Waals surface area contributed by atoms with Crippen molar-refractivity contribution in [2.24, 2.45) is 5.73 Å². The van der Waals surface area contributed by atoms with Gasteiger partial charge in [0.2, 0.25) is 5.91 Å². The highest BCUT2D eigenvalue weighted by molar-refractivity contribution is 6.02. The summed E-state index contributed by atoms with van der Waals surface area (Å²) in [4.78, 5) is 34.4. The van der Waals surface area contributed by atoms with Gasteiger partial charge in [-0.05, 0) is 18.2 Å². The van der Waals surface area contributed by atoms with Crippen molar-refractivity contribution in [1.29, 1.82) is 0 Å². The summed E-state index contributed by atoms with van der Waals surface area (Å²) < 4.78 is 27.0. The summed E-state index contributed by atoms with van der Waals surface area (Å²) in [6.07, 6.45) is 0. The second kappa shape index (κ2) is 7.86. The predicted molar refractivity (Wildman–Crippen MR) is 87.0 cm³/mol. The third-order valence-electron chi connectivity index (χ3n) is 3.05. The van der Waals surface area contributed by atoms with Crippen molar-refractivity contribution in [1.82, 2.24) is 5.32 Å². The average Bonchev–Trinajstić information content (AvgIpc) is 2.54. The number of carbonyl (C=O) groups is 3. The van der Waals surface area contributed by atoms with Crippen LogP contribution in [0.5, 0.6) is 0 Å². The molecule has 0 aliphatic carbocycles. The minimum absolute atomic E-state index is 0.297. The maximum atomic E-state index is 13.6. The smallest absolute Gasteiger partial charge is 0.325 e. The zero-order chi connectivity index (χ0) is 18.4. The topological polar surface area (TPSA) is 113 Å². The van der Waals surface area contributed by atoms with Crippen LogP contribution in [-0.2, 0) is 4.79 Å². The molecule has 0 bridgehead atoms. The molecule has 9 heteroatoms. The van der Waals surface area contributed by atoms with E-state index in [1.54, 1.807) is 30.3 Å². The molecule has 0 saturated carbocycles. The second-order valence-corrected chi connectivity index (χ2v) is 4.90. The van der Waals surface area contributed by atoms with Gasteiger partial charge in [-0.25, -0.2) is 13.6 Å². The van der Waals surface area contributed by atoms with E-state index in [1.807, 2.05) is 5.32 Å². The Morgan fingerprint density at radius 1 is 1.00 bits per heavy atom. The number of amides is 4. The second-order valence-electron chi connectivity index (χ2n) is 4.90. The van der Waals surface area contributed by atoms with Gasteiger partial charge in [0.25, 0.3) is 5.91 Å². The van der Waals surface area contributed by atoms with E-state index < -0.39 is 41.6 Å². The summed E-state index contributed by atoms with van der Waals surface area (Å²) in [5.41, 5.74) is 4.63. The molecule has 0 aliphatic rings.